The van der Waals surface area contributed by atoms with Gasteiger partial charge in [0.1, 0.15) is 6.04 Å². The summed E-state index contributed by atoms with van der Waals surface area (Å²) in [7, 11) is 4.25. The molecule has 1 atom stereocenters. The molecule has 0 aromatic carbocycles. The van der Waals surface area contributed by atoms with Crippen LogP contribution in [-0.4, -0.2) is 55.6 Å². The van der Waals surface area contributed by atoms with Crippen LogP contribution >= 0.6 is 0 Å². The van der Waals surface area contributed by atoms with E-state index in [1.807, 2.05) is 0 Å². The highest BCUT2D eigenvalue weighted by atomic mass is 15.2. The fourth-order valence-electron chi connectivity index (χ4n) is 1.94. The molecule has 1 saturated heterocycles. The Morgan fingerprint density at radius 2 is 2.07 bits per heavy atom. The summed E-state index contributed by atoms with van der Waals surface area (Å²) in [4.78, 5) is 4.56. The van der Waals surface area contributed by atoms with Crippen molar-refractivity contribution in [2.75, 3.05) is 33.7 Å². The molecule has 4 heteroatoms. The van der Waals surface area contributed by atoms with Crippen LogP contribution in [0.2, 0.25) is 0 Å². The summed E-state index contributed by atoms with van der Waals surface area (Å²) >= 11 is 0. The molecule has 1 unspecified atom stereocenters. The van der Waals surface area contributed by atoms with Crippen molar-refractivity contribution >= 4 is 0 Å². The Kier molecular flexibility index (Phi) is 4.33. The number of piperidine rings is 1. The van der Waals surface area contributed by atoms with E-state index in [4.69, 9.17) is 11.0 Å². The van der Waals surface area contributed by atoms with E-state index in [-0.39, 0.29) is 6.04 Å². The topological polar surface area (TPSA) is 56.3 Å². The first kappa shape index (κ1) is 11.4. The number of hydrogen-bond acceptors (Lipinski definition) is 4. The van der Waals surface area contributed by atoms with E-state index in [2.05, 4.69) is 30.0 Å². The number of rotatable bonds is 3. The summed E-state index contributed by atoms with van der Waals surface area (Å²) in [6.07, 6.45) is 2.37. The third-order valence-electron chi connectivity index (χ3n) is 2.91. The van der Waals surface area contributed by atoms with Crippen LogP contribution in [0, 0.1) is 11.3 Å². The molecule has 1 aliphatic rings. The Morgan fingerprint density at radius 1 is 1.50 bits per heavy atom. The predicted octanol–water partition coefficient (Wildman–Crippen LogP) is -0.137. The second-order valence-corrected chi connectivity index (χ2v) is 4.23. The van der Waals surface area contributed by atoms with Crippen molar-refractivity contribution in [3.63, 3.8) is 0 Å². The lowest BCUT2D eigenvalue weighted by atomic mass is 10.0. The maximum absolute atomic E-state index is 8.60. The second-order valence-electron chi connectivity index (χ2n) is 4.23. The number of likely N-dealkylation sites (tertiary alicyclic amines) is 1. The average molecular weight is 196 g/mol. The van der Waals surface area contributed by atoms with Crippen LogP contribution in [0.5, 0.6) is 0 Å². The summed E-state index contributed by atoms with van der Waals surface area (Å²) < 4.78 is 0. The molecule has 1 rings (SSSR count). The van der Waals surface area contributed by atoms with E-state index < -0.39 is 0 Å². The third kappa shape index (κ3) is 3.26. The molecule has 1 fully saturated rings. The van der Waals surface area contributed by atoms with Crippen LogP contribution in [0.4, 0.5) is 0 Å². The minimum Gasteiger partial charge on any atom is -0.315 e. The molecule has 0 amide bonds. The van der Waals surface area contributed by atoms with Gasteiger partial charge in [-0.05, 0) is 40.0 Å². The van der Waals surface area contributed by atoms with E-state index in [0.717, 1.165) is 19.6 Å². The number of nitrogens with zero attached hydrogens (tertiary/aromatic N) is 3. The SMILES string of the molecule is CN(C)C1CCN(CC(N)C#N)CC1. The number of nitrogens with two attached hydrogens (primary N) is 1. The standard InChI is InChI=1S/C10H20N4/c1-13(2)10-3-5-14(6-4-10)8-9(12)7-11/h9-10H,3-6,8,12H2,1-2H3. The number of nitriles is 1. The van der Waals surface area contributed by atoms with Gasteiger partial charge in [-0.25, -0.2) is 0 Å². The smallest absolute Gasteiger partial charge is 0.106 e. The first-order valence-electron chi connectivity index (χ1n) is 5.17. The minimum atomic E-state index is -0.328. The average Bonchev–Trinajstić information content (AvgIpc) is 2.18. The molecule has 2 N–H and O–H groups in total. The van der Waals surface area contributed by atoms with Gasteiger partial charge in [-0.3, -0.25) is 0 Å². The lowest BCUT2D eigenvalue weighted by molar-refractivity contribution is 0.143. The molecule has 0 saturated carbocycles. The van der Waals surface area contributed by atoms with Crippen molar-refractivity contribution < 1.29 is 0 Å². The van der Waals surface area contributed by atoms with Crippen LogP contribution < -0.4 is 5.73 Å². The summed E-state index contributed by atoms with van der Waals surface area (Å²) in [6, 6.07) is 2.44. The van der Waals surface area contributed by atoms with E-state index in [9.17, 15) is 0 Å². The first-order valence-corrected chi connectivity index (χ1v) is 5.17. The molecule has 0 aromatic heterocycles. The Bertz CT molecular complexity index is 201. The van der Waals surface area contributed by atoms with E-state index >= 15 is 0 Å². The van der Waals surface area contributed by atoms with Gasteiger partial charge in [-0.15, -0.1) is 0 Å². The highest BCUT2D eigenvalue weighted by Gasteiger charge is 2.21. The zero-order valence-electron chi connectivity index (χ0n) is 9.11. The molecule has 1 aliphatic heterocycles. The van der Waals surface area contributed by atoms with Crippen molar-refractivity contribution in [3.8, 4) is 6.07 Å². The maximum atomic E-state index is 8.60. The fraction of sp³-hybridized carbons (Fsp3) is 0.900. The van der Waals surface area contributed by atoms with Crippen molar-refractivity contribution in [1.29, 1.82) is 5.26 Å². The molecule has 80 valence electrons. The first-order chi connectivity index (χ1) is 6.63. The van der Waals surface area contributed by atoms with Gasteiger partial charge < -0.3 is 15.5 Å². The lowest BCUT2D eigenvalue weighted by Crippen LogP contribution is -2.45. The summed E-state index contributed by atoms with van der Waals surface area (Å²) in [5.74, 6) is 0. The van der Waals surface area contributed by atoms with Crippen LogP contribution in [0.15, 0.2) is 0 Å². The second kappa shape index (κ2) is 5.30. The van der Waals surface area contributed by atoms with Crippen molar-refractivity contribution in [1.82, 2.24) is 9.80 Å². The largest absolute Gasteiger partial charge is 0.315 e. The Labute approximate surface area is 86.3 Å². The zero-order chi connectivity index (χ0) is 10.6. The van der Waals surface area contributed by atoms with Gasteiger partial charge in [0.2, 0.25) is 0 Å². The monoisotopic (exact) mass is 196 g/mol. The van der Waals surface area contributed by atoms with Crippen LogP contribution in [0.25, 0.3) is 0 Å². The quantitative estimate of drug-likeness (QED) is 0.683. The maximum Gasteiger partial charge on any atom is 0.106 e. The Balaban J connectivity index is 2.26. The molecule has 0 bridgehead atoms. The predicted molar refractivity (Wildman–Crippen MR) is 56.7 cm³/mol. The van der Waals surface area contributed by atoms with Crippen molar-refractivity contribution in [2.45, 2.75) is 24.9 Å². The van der Waals surface area contributed by atoms with E-state index in [0.29, 0.717) is 6.04 Å². The molecule has 0 radical (unpaired) electrons. The molecule has 0 spiro atoms. The van der Waals surface area contributed by atoms with Crippen LogP contribution in [0.3, 0.4) is 0 Å². The molecule has 4 nitrogen and oxygen atoms in total. The van der Waals surface area contributed by atoms with Crippen LogP contribution in [-0.2, 0) is 0 Å². The molecule has 0 aliphatic carbocycles. The molecule has 14 heavy (non-hydrogen) atoms. The third-order valence-corrected chi connectivity index (χ3v) is 2.91. The minimum absolute atomic E-state index is 0.328. The van der Waals surface area contributed by atoms with Crippen molar-refractivity contribution in [2.24, 2.45) is 5.73 Å². The Hall–Kier alpha value is -0.630. The van der Waals surface area contributed by atoms with Gasteiger partial charge in [-0.2, -0.15) is 5.26 Å². The van der Waals surface area contributed by atoms with Crippen molar-refractivity contribution in [3.05, 3.63) is 0 Å². The highest BCUT2D eigenvalue weighted by molar-refractivity contribution is 4.90. The molecule has 1 heterocycles. The lowest BCUT2D eigenvalue weighted by Gasteiger charge is -2.35. The zero-order valence-corrected chi connectivity index (χ0v) is 9.11. The molecular formula is C10H20N4. The molecular weight excluding hydrogens is 176 g/mol. The van der Waals surface area contributed by atoms with E-state index in [1.165, 1.54) is 12.8 Å². The van der Waals surface area contributed by atoms with Gasteiger partial charge in [0.05, 0.1) is 6.07 Å². The highest BCUT2D eigenvalue weighted by Crippen LogP contribution is 2.13. The molecule has 0 aromatic rings. The van der Waals surface area contributed by atoms with Gasteiger partial charge in [0.25, 0.3) is 0 Å². The summed E-state index contributed by atoms with van der Waals surface area (Å²) in [5.41, 5.74) is 5.59. The van der Waals surface area contributed by atoms with Gasteiger partial charge >= 0.3 is 0 Å². The van der Waals surface area contributed by atoms with Gasteiger partial charge in [0, 0.05) is 12.6 Å². The van der Waals surface area contributed by atoms with E-state index in [1.54, 1.807) is 0 Å². The van der Waals surface area contributed by atoms with Gasteiger partial charge in [0.15, 0.2) is 0 Å². The number of hydrogen-bond donors (Lipinski definition) is 1. The summed E-state index contributed by atoms with van der Waals surface area (Å²) in [5, 5.41) is 8.60. The normalized spacial score (nSPS) is 22.2. The fourth-order valence-corrected chi connectivity index (χ4v) is 1.94. The Morgan fingerprint density at radius 3 is 2.50 bits per heavy atom. The van der Waals surface area contributed by atoms with Crippen LogP contribution in [0.1, 0.15) is 12.8 Å². The summed E-state index contributed by atoms with van der Waals surface area (Å²) in [6.45, 7) is 2.85. The van der Waals surface area contributed by atoms with Gasteiger partial charge in [-0.1, -0.05) is 0 Å².